The van der Waals surface area contributed by atoms with Gasteiger partial charge in [-0.3, -0.25) is 4.90 Å². The summed E-state index contributed by atoms with van der Waals surface area (Å²) >= 11 is 0. The second-order valence-electron chi connectivity index (χ2n) is 8.13. The van der Waals surface area contributed by atoms with Crippen LogP contribution < -0.4 is 10.5 Å². The topological polar surface area (TPSA) is 110 Å². The lowest BCUT2D eigenvalue weighted by Crippen LogP contribution is -2.47. The van der Waals surface area contributed by atoms with Crippen LogP contribution in [0.25, 0.3) is 0 Å². The Balaban J connectivity index is 1.83. The number of hydrogen-bond acceptors (Lipinski definition) is 6. The molecule has 0 radical (unpaired) electrons. The van der Waals surface area contributed by atoms with Crippen LogP contribution in [-0.4, -0.2) is 25.1 Å². The minimum absolute atomic E-state index is 0.0461. The number of methoxy groups -OCH3 is 1. The fourth-order valence-corrected chi connectivity index (χ4v) is 4.90. The summed E-state index contributed by atoms with van der Waals surface area (Å²) in [6, 6.07) is 24.1. The summed E-state index contributed by atoms with van der Waals surface area (Å²) in [5.41, 5.74) is 7.90. The molecule has 1 aliphatic heterocycles. The van der Waals surface area contributed by atoms with Crippen LogP contribution in [0.2, 0.25) is 0 Å². The molecule has 2 aromatic carbocycles. The van der Waals surface area contributed by atoms with Crippen molar-refractivity contribution in [2.24, 2.45) is 17.1 Å². The molecule has 0 spiro atoms. The highest BCUT2D eigenvalue weighted by Crippen LogP contribution is 2.54. The third kappa shape index (κ3) is 3.40. The molecule has 1 aliphatic carbocycles. The molecule has 1 heterocycles. The van der Waals surface area contributed by atoms with E-state index in [1.165, 1.54) is 5.56 Å². The van der Waals surface area contributed by atoms with Crippen LogP contribution in [0.1, 0.15) is 17.0 Å². The molecule has 158 valence electrons. The zero-order valence-corrected chi connectivity index (χ0v) is 17.8. The molecule has 2 atom stereocenters. The maximum atomic E-state index is 10.2. The van der Waals surface area contributed by atoms with Crippen molar-refractivity contribution in [1.29, 1.82) is 15.8 Å². The SMILES string of the molecule is COc1ccc(C2[C@H]3CN(Cc4ccccc4)CC=C3C(C#N)=C(N)C2(C#N)C#N)cc1. The summed E-state index contributed by atoms with van der Waals surface area (Å²) in [7, 11) is 1.59. The van der Waals surface area contributed by atoms with Crippen LogP contribution in [0.4, 0.5) is 0 Å². The van der Waals surface area contributed by atoms with Crippen molar-refractivity contribution in [3.63, 3.8) is 0 Å². The van der Waals surface area contributed by atoms with Crippen LogP contribution in [0.5, 0.6) is 5.75 Å². The Morgan fingerprint density at radius 2 is 1.75 bits per heavy atom. The third-order valence-corrected chi connectivity index (χ3v) is 6.46. The highest BCUT2D eigenvalue weighted by molar-refractivity contribution is 5.59. The first-order valence-electron chi connectivity index (χ1n) is 10.4. The van der Waals surface area contributed by atoms with Gasteiger partial charge in [0.25, 0.3) is 0 Å². The lowest BCUT2D eigenvalue weighted by molar-refractivity contribution is 0.201. The molecule has 4 rings (SSSR count). The van der Waals surface area contributed by atoms with Gasteiger partial charge in [-0.2, -0.15) is 15.8 Å². The van der Waals surface area contributed by atoms with Crippen molar-refractivity contribution < 1.29 is 4.74 Å². The summed E-state index contributed by atoms with van der Waals surface area (Å²) in [6.07, 6.45) is 2.03. The summed E-state index contributed by atoms with van der Waals surface area (Å²) < 4.78 is 5.28. The van der Waals surface area contributed by atoms with E-state index in [-0.39, 0.29) is 17.2 Å². The fourth-order valence-electron chi connectivity index (χ4n) is 4.90. The Kier molecular flexibility index (Phi) is 5.69. The van der Waals surface area contributed by atoms with E-state index in [0.29, 0.717) is 18.8 Å². The summed E-state index contributed by atoms with van der Waals surface area (Å²) in [6.45, 7) is 2.02. The molecule has 0 bridgehead atoms. The molecule has 32 heavy (non-hydrogen) atoms. The van der Waals surface area contributed by atoms with E-state index in [1.54, 1.807) is 7.11 Å². The minimum Gasteiger partial charge on any atom is -0.497 e. The highest BCUT2D eigenvalue weighted by atomic mass is 16.5. The number of nitrogens with zero attached hydrogens (tertiary/aromatic N) is 4. The number of benzene rings is 2. The lowest BCUT2D eigenvalue weighted by atomic mass is 9.58. The number of fused-ring (bicyclic) bond motifs is 1. The molecule has 2 N–H and O–H groups in total. The first-order valence-corrected chi connectivity index (χ1v) is 10.4. The van der Waals surface area contributed by atoms with E-state index >= 15 is 0 Å². The van der Waals surface area contributed by atoms with Crippen LogP contribution in [0.3, 0.4) is 0 Å². The number of allylic oxidation sites excluding steroid dienone is 2. The van der Waals surface area contributed by atoms with Crippen molar-refractivity contribution in [2.75, 3.05) is 20.2 Å². The lowest BCUT2D eigenvalue weighted by Gasteiger charge is -2.45. The first-order chi connectivity index (χ1) is 15.6. The van der Waals surface area contributed by atoms with Gasteiger partial charge in [0.1, 0.15) is 11.8 Å². The maximum absolute atomic E-state index is 10.2. The number of hydrogen-bond donors (Lipinski definition) is 1. The number of ether oxygens (including phenoxy) is 1. The normalized spacial score (nSPS) is 22.0. The van der Waals surface area contributed by atoms with Crippen LogP contribution in [0, 0.1) is 45.3 Å². The molecule has 0 saturated carbocycles. The van der Waals surface area contributed by atoms with Crippen molar-refractivity contribution in [3.05, 3.63) is 88.6 Å². The molecule has 2 aliphatic rings. The standard InChI is InChI=1S/C26H23N5O/c1-32-20-9-7-19(8-10-20)24-23-15-31(14-18-5-3-2-4-6-18)12-11-21(23)22(13-27)25(30)26(24,16-28)17-29/h2-11,23-24H,12,14-15,30H2,1H3/t23-,24?/m0/s1. The molecule has 2 aromatic rings. The van der Waals surface area contributed by atoms with Crippen LogP contribution in [-0.2, 0) is 6.54 Å². The predicted octanol–water partition coefficient (Wildman–Crippen LogP) is 3.62. The van der Waals surface area contributed by atoms with Gasteiger partial charge >= 0.3 is 0 Å². The van der Waals surface area contributed by atoms with E-state index < -0.39 is 11.3 Å². The Hall–Kier alpha value is -4.05. The van der Waals surface area contributed by atoms with Gasteiger partial charge < -0.3 is 10.5 Å². The van der Waals surface area contributed by atoms with Gasteiger partial charge in [0.05, 0.1) is 30.5 Å². The Bertz CT molecular complexity index is 1180. The molecule has 6 heteroatoms. The second-order valence-corrected chi connectivity index (χ2v) is 8.13. The van der Waals surface area contributed by atoms with E-state index in [2.05, 4.69) is 35.2 Å². The van der Waals surface area contributed by atoms with Crippen molar-refractivity contribution in [3.8, 4) is 24.0 Å². The average molecular weight is 422 g/mol. The minimum atomic E-state index is -1.63. The smallest absolute Gasteiger partial charge is 0.191 e. The molecule has 6 nitrogen and oxygen atoms in total. The largest absolute Gasteiger partial charge is 0.497 e. The maximum Gasteiger partial charge on any atom is 0.191 e. The Morgan fingerprint density at radius 1 is 1.06 bits per heavy atom. The van der Waals surface area contributed by atoms with E-state index in [4.69, 9.17) is 10.5 Å². The molecule has 0 aromatic heterocycles. The Morgan fingerprint density at radius 3 is 2.34 bits per heavy atom. The van der Waals surface area contributed by atoms with Crippen LogP contribution in [0.15, 0.2) is 77.5 Å². The first kappa shape index (κ1) is 21.2. The van der Waals surface area contributed by atoms with Crippen molar-refractivity contribution >= 4 is 0 Å². The second kappa shape index (κ2) is 8.60. The molecule has 0 fully saturated rings. The summed E-state index contributed by atoms with van der Waals surface area (Å²) in [5.74, 6) is -0.0390. The Labute approximate surface area is 188 Å². The number of rotatable bonds is 4. The fraction of sp³-hybridized carbons (Fsp3) is 0.269. The van der Waals surface area contributed by atoms with Gasteiger partial charge in [-0.25, -0.2) is 0 Å². The molecule has 0 saturated heterocycles. The number of nitrogens with two attached hydrogens (primary N) is 1. The zero-order valence-electron chi connectivity index (χ0n) is 17.8. The molecular formula is C26H23N5O. The molecular weight excluding hydrogens is 398 g/mol. The van der Waals surface area contributed by atoms with Gasteiger partial charge in [-0.05, 0) is 28.8 Å². The van der Waals surface area contributed by atoms with Gasteiger partial charge in [-0.1, -0.05) is 48.5 Å². The van der Waals surface area contributed by atoms with Gasteiger partial charge in [0, 0.05) is 31.5 Å². The van der Waals surface area contributed by atoms with Gasteiger partial charge in [0.2, 0.25) is 0 Å². The quantitative estimate of drug-likeness (QED) is 0.807. The summed E-state index contributed by atoms with van der Waals surface area (Å²) in [4.78, 5) is 2.27. The molecule has 1 unspecified atom stereocenters. The number of nitriles is 3. The molecule has 0 amide bonds. The van der Waals surface area contributed by atoms with E-state index in [9.17, 15) is 15.8 Å². The van der Waals surface area contributed by atoms with Crippen molar-refractivity contribution in [1.82, 2.24) is 4.90 Å². The van der Waals surface area contributed by atoms with E-state index in [1.807, 2.05) is 48.5 Å². The average Bonchev–Trinajstić information content (AvgIpc) is 2.84. The van der Waals surface area contributed by atoms with Crippen LogP contribution >= 0.6 is 0 Å². The summed E-state index contributed by atoms with van der Waals surface area (Å²) in [5, 5.41) is 30.3. The van der Waals surface area contributed by atoms with Gasteiger partial charge in [-0.15, -0.1) is 0 Å². The van der Waals surface area contributed by atoms with E-state index in [0.717, 1.165) is 17.7 Å². The highest BCUT2D eigenvalue weighted by Gasteiger charge is 2.54. The monoisotopic (exact) mass is 421 g/mol. The zero-order chi connectivity index (χ0) is 22.7. The third-order valence-electron chi connectivity index (χ3n) is 6.46. The predicted molar refractivity (Wildman–Crippen MR) is 120 cm³/mol. The van der Waals surface area contributed by atoms with Gasteiger partial charge in [0.15, 0.2) is 5.41 Å². The van der Waals surface area contributed by atoms with Crippen molar-refractivity contribution in [2.45, 2.75) is 12.5 Å².